The first kappa shape index (κ1) is 16.5. The second-order valence-corrected chi connectivity index (χ2v) is 4.70. The van der Waals surface area contributed by atoms with E-state index in [0.29, 0.717) is 18.0 Å². The van der Waals surface area contributed by atoms with E-state index in [2.05, 4.69) is 15.5 Å². The number of allylic oxidation sites excluding steroid dienone is 4. The number of nitrogens with zero attached hydrogens (tertiary/aromatic N) is 3. The molecule has 0 unspecified atom stereocenters. The third kappa shape index (κ3) is 4.09. The molecule has 1 heterocycles. The number of ether oxygens (including phenoxy) is 2. The minimum absolute atomic E-state index is 0.255. The molecule has 0 aliphatic carbocycles. The second-order valence-electron chi connectivity index (χ2n) is 4.70. The Morgan fingerprint density at radius 3 is 2.91 bits per heavy atom. The predicted octanol–water partition coefficient (Wildman–Crippen LogP) is 2.35. The van der Waals surface area contributed by atoms with Crippen LogP contribution in [0.25, 0.3) is 5.69 Å². The van der Waals surface area contributed by atoms with Crippen molar-refractivity contribution in [1.82, 2.24) is 20.2 Å². The Morgan fingerprint density at radius 1 is 1.43 bits per heavy atom. The van der Waals surface area contributed by atoms with Gasteiger partial charge in [-0.1, -0.05) is 18.2 Å². The minimum Gasteiger partial charge on any atom is -0.493 e. The lowest BCUT2D eigenvalue weighted by molar-refractivity contribution is 0.195. The number of hydrogen-bond acceptors (Lipinski definition) is 5. The summed E-state index contributed by atoms with van der Waals surface area (Å²) in [4.78, 5) is 11.8. The summed E-state index contributed by atoms with van der Waals surface area (Å²) in [6.07, 6.45) is 5.68. The largest absolute Gasteiger partial charge is 0.493 e. The van der Waals surface area contributed by atoms with Crippen molar-refractivity contribution in [2.45, 2.75) is 27.4 Å². The fraction of sp³-hybridized carbons (Fsp3) is 0.312. The van der Waals surface area contributed by atoms with E-state index in [9.17, 15) is 4.79 Å². The van der Waals surface area contributed by atoms with Gasteiger partial charge in [0.25, 0.3) is 0 Å². The molecule has 122 valence electrons. The van der Waals surface area contributed by atoms with Gasteiger partial charge in [0.15, 0.2) is 0 Å². The van der Waals surface area contributed by atoms with Crippen molar-refractivity contribution in [2.24, 2.45) is 0 Å². The first-order chi connectivity index (χ1) is 11.2. The number of aromatic amines is 1. The minimum atomic E-state index is -0.416. The number of aromatic nitrogens is 4. The molecular weight excluding hydrogens is 296 g/mol. The molecule has 0 aliphatic rings. The summed E-state index contributed by atoms with van der Waals surface area (Å²) in [5.74, 6) is 1.41. The number of H-pyrrole nitrogens is 1. The lowest BCUT2D eigenvalue weighted by atomic mass is 10.1. The van der Waals surface area contributed by atoms with E-state index in [1.807, 2.05) is 45.1 Å². The van der Waals surface area contributed by atoms with E-state index in [1.54, 1.807) is 12.1 Å². The van der Waals surface area contributed by atoms with Gasteiger partial charge in [-0.15, -0.1) is 0 Å². The highest BCUT2D eigenvalue weighted by molar-refractivity contribution is 5.48. The predicted molar refractivity (Wildman–Crippen MR) is 86.5 cm³/mol. The highest BCUT2D eigenvalue weighted by atomic mass is 16.5. The monoisotopic (exact) mass is 316 g/mol. The van der Waals surface area contributed by atoms with Crippen molar-refractivity contribution in [3.05, 3.63) is 58.2 Å². The molecule has 2 rings (SSSR count). The molecule has 2 aromatic rings. The van der Waals surface area contributed by atoms with Gasteiger partial charge in [-0.25, -0.2) is 9.89 Å². The maximum atomic E-state index is 11.8. The van der Waals surface area contributed by atoms with Crippen molar-refractivity contribution in [2.75, 3.05) is 6.61 Å². The first-order valence-electron chi connectivity index (χ1n) is 7.35. The zero-order valence-corrected chi connectivity index (χ0v) is 13.4. The van der Waals surface area contributed by atoms with Gasteiger partial charge in [-0.2, -0.15) is 4.68 Å². The molecule has 0 spiro atoms. The molecule has 7 nitrogen and oxygen atoms in total. The molecule has 0 amide bonds. The van der Waals surface area contributed by atoms with Crippen LogP contribution in [-0.2, 0) is 11.3 Å². The van der Waals surface area contributed by atoms with Gasteiger partial charge >= 0.3 is 5.69 Å². The normalized spacial score (nSPS) is 11.9. The van der Waals surface area contributed by atoms with Crippen LogP contribution in [0, 0.1) is 0 Å². The molecule has 1 aromatic carbocycles. The third-order valence-electron chi connectivity index (χ3n) is 3.08. The average Bonchev–Trinajstić information content (AvgIpc) is 2.97. The van der Waals surface area contributed by atoms with Crippen LogP contribution in [0.1, 0.15) is 26.3 Å². The molecule has 0 fully saturated rings. The van der Waals surface area contributed by atoms with E-state index in [-0.39, 0.29) is 6.61 Å². The topological polar surface area (TPSA) is 82.0 Å². The fourth-order valence-electron chi connectivity index (χ4n) is 2.01. The number of tetrazole rings is 1. The molecule has 7 heteroatoms. The van der Waals surface area contributed by atoms with Gasteiger partial charge in [0.1, 0.15) is 12.4 Å². The summed E-state index contributed by atoms with van der Waals surface area (Å²) >= 11 is 0. The zero-order chi connectivity index (χ0) is 16.7. The number of benzene rings is 1. The lowest BCUT2D eigenvalue weighted by Gasteiger charge is -2.15. The van der Waals surface area contributed by atoms with E-state index < -0.39 is 5.69 Å². The van der Waals surface area contributed by atoms with Crippen molar-refractivity contribution in [3.8, 4) is 11.4 Å². The van der Waals surface area contributed by atoms with E-state index in [1.165, 1.54) is 4.68 Å². The first-order valence-corrected chi connectivity index (χ1v) is 7.35. The van der Waals surface area contributed by atoms with Crippen LogP contribution in [0.4, 0.5) is 0 Å². The summed E-state index contributed by atoms with van der Waals surface area (Å²) in [5.41, 5.74) is 0.896. The van der Waals surface area contributed by atoms with Crippen molar-refractivity contribution >= 4 is 0 Å². The molecule has 23 heavy (non-hydrogen) atoms. The van der Waals surface area contributed by atoms with Crippen molar-refractivity contribution < 1.29 is 9.47 Å². The average molecular weight is 316 g/mol. The van der Waals surface area contributed by atoms with Crippen molar-refractivity contribution in [1.29, 1.82) is 0 Å². The van der Waals surface area contributed by atoms with Crippen LogP contribution in [0.5, 0.6) is 5.75 Å². The molecule has 0 saturated heterocycles. The summed E-state index contributed by atoms with van der Waals surface area (Å²) in [7, 11) is 0. The molecule has 0 aliphatic heterocycles. The van der Waals surface area contributed by atoms with Crippen LogP contribution < -0.4 is 10.4 Å². The van der Waals surface area contributed by atoms with Gasteiger partial charge in [-0.05, 0) is 49.4 Å². The molecule has 0 radical (unpaired) electrons. The summed E-state index contributed by atoms with van der Waals surface area (Å²) < 4.78 is 12.6. The maximum Gasteiger partial charge on any atom is 0.365 e. The standard InChI is InChI=1S/C16H20N4O3/c1-4-6-8-12(3)23-11-13-14(20-16(21)17-18-19-20)9-7-10-15(13)22-5-2/h4,6-10H,5,11H2,1-3H3,(H,17,19,21)/b6-4?,12-8+. The fourth-order valence-corrected chi connectivity index (χ4v) is 2.01. The Kier molecular flexibility index (Phi) is 5.74. The highest BCUT2D eigenvalue weighted by Gasteiger charge is 2.15. The summed E-state index contributed by atoms with van der Waals surface area (Å²) in [6.45, 7) is 6.47. The SMILES string of the molecule is CC=C/C=C(\C)OCc1c(OCC)cccc1-n1nn[nH]c1=O. The van der Waals surface area contributed by atoms with E-state index >= 15 is 0 Å². The van der Waals surface area contributed by atoms with Gasteiger partial charge in [0.2, 0.25) is 0 Å². The molecule has 0 atom stereocenters. The number of hydrogen-bond donors (Lipinski definition) is 1. The molecule has 1 N–H and O–H groups in total. The molecule has 0 saturated carbocycles. The van der Waals surface area contributed by atoms with Crippen LogP contribution in [-0.4, -0.2) is 26.8 Å². The number of rotatable bonds is 7. The highest BCUT2D eigenvalue weighted by Crippen LogP contribution is 2.26. The van der Waals surface area contributed by atoms with Gasteiger partial charge in [-0.3, -0.25) is 0 Å². The Balaban J connectivity index is 2.38. The van der Waals surface area contributed by atoms with E-state index in [4.69, 9.17) is 9.47 Å². The van der Waals surface area contributed by atoms with Crippen LogP contribution in [0.15, 0.2) is 47.0 Å². The van der Waals surface area contributed by atoms with Gasteiger partial charge in [0.05, 0.1) is 23.6 Å². The maximum absolute atomic E-state index is 11.8. The van der Waals surface area contributed by atoms with Gasteiger partial charge in [0, 0.05) is 0 Å². The summed E-state index contributed by atoms with van der Waals surface area (Å²) in [6, 6.07) is 5.41. The third-order valence-corrected chi connectivity index (χ3v) is 3.08. The quantitative estimate of drug-likeness (QED) is 0.626. The second kappa shape index (κ2) is 7.98. The van der Waals surface area contributed by atoms with Crippen LogP contribution >= 0.6 is 0 Å². The summed E-state index contributed by atoms with van der Waals surface area (Å²) in [5, 5.41) is 9.59. The lowest BCUT2D eigenvalue weighted by Crippen LogP contribution is -2.18. The molecule has 1 aromatic heterocycles. The van der Waals surface area contributed by atoms with Gasteiger partial charge < -0.3 is 9.47 Å². The molecule has 0 bridgehead atoms. The zero-order valence-electron chi connectivity index (χ0n) is 13.4. The number of nitrogens with one attached hydrogen (secondary N) is 1. The Hall–Kier alpha value is -2.83. The van der Waals surface area contributed by atoms with Crippen LogP contribution in [0.3, 0.4) is 0 Å². The Bertz CT molecular complexity index is 759. The Labute approximate surface area is 134 Å². The van der Waals surface area contributed by atoms with Crippen molar-refractivity contribution in [3.63, 3.8) is 0 Å². The smallest absolute Gasteiger partial charge is 0.365 e. The van der Waals surface area contributed by atoms with E-state index in [0.717, 1.165) is 11.3 Å². The molecular formula is C16H20N4O3. The van der Waals surface area contributed by atoms with Crippen LogP contribution in [0.2, 0.25) is 0 Å². The Morgan fingerprint density at radius 2 is 2.26 bits per heavy atom.